The van der Waals surface area contributed by atoms with Crippen LogP contribution in [0.3, 0.4) is 0 Å². The van der Waals surface area contributed by atoms with Crippen molar-refractivity contribution in [2.75, 3.05) is 6.61 Å². The number of nitrogens with two attached hydrogens (primary N) is 1. The average molecular weight is 160 g/mol. The van der Waals surface area contributed by atoms with Crippen LogP contribution in [0.5, 0.6) is 0 Å². The van der Waals surface area contributed by atoms with Gasteiger partial charge in [0.25, 0.3) is 0 Å². The molecule has 11 heavy (non-hydrogen) atoms. The Morgan fingerprint density at radius 3 is 2.55 bits per heavy atom. The molecule has 0 fully saturated rings. The zero-order valence-corrected chi connectivity index (χ0v) is 6.42. The molecule has 0 bridgehead atoms. The number of hydrazine groups is 1. The van der Waals surface area contributed by atoms with Gasteiger partial charge in [0.15, 0.2) is 0 Å². The summed E-state index contributed by atoms with van der Waals surface area (Å²) < 4.78 is 4.58. The van der Waals surface area contributed by atoms with E-state index in [4.69, 9.17) is 5.84 Å². The Morgan fingerprint density at radius 1 is 1.45 bits per heavy atom. The van der Waals surface area contributed by atoms with Gasteiger partial charge in [0.2, 0.25) is 5.91 Å². The first kappa shape index (κ1) is 9.90. The molecule has 0 aliphatic carbocycles. The van der Waals surface area contributed by atoms with Gasteiger partial charge >= 0.3 is 5.97 Å². The van der Waals surface area contributed by atoms with Gasteiger partial charge in [0.05, 0.1) is 13.0 Å². The van der Waals surface area contributed by atoms with Crippen LogP contribution in [0.1, 0.15) is 19.8 Å². The Bertz CT molecular complexity index is 147. The molecule has 1 amide bonds. The van der Waals surface area contributed by atoms with Crippen molar-refractivity contribution < 1.29 is 14.3 Å². The fourth-order valence-electron chi connectivity index (χ4n) is 0.521. The molecule has 64 valence electrons. The predicted octanol–water partition coefficient (Wildman–Crippen LogP) is -0.680. The van der Waals surface area contributed by atoms with Gasteiger partial charge in [-0.1, -0.05) is 0 Å². The lowest BCUT2D eigenvalue weighted by atomic mass is 10.3. The molecule has 0 heterocycles. The Hall–Kier alpha value is -1.10. The van der Waals surface area contributed by atoms with E-state index < -0.39 is 0 Å². The molecular formula is C6H12N2O3. The molecule has 0 saturated heterocycles. The van der Waals surface area contributed by atoms with E-state index in [2.05, 4.69) is 4.74 Å². The highest BCUT2D eigenvalue weighted by Gasteiger charge is 2.04. The van der Waals surface area contributed by atoms with Gasteiger partial charge in [0.1, 0.15) is 0 Å². The summed E-state index contributed by atoms with van der Waals surface area (Å²) in [5.74, 6) is 4.04. The number of nitrogens with one attached hydrogen (secondary N) is 1. The smallest absolute Gasteiger partial charge is 0.306 e. The largest absolute Gasteiger partial charge is 0.466 e. The average Bonchev–Trinajstić information content (AvgIpc) is 2.01. The summed E-state index contributed by atoms with van der Waals surface area (Å²) in [7, 11) is 0. The molecule has 0 spiro atoms. The van der Waals surface area contributed by atoms with Crippen molar-refractivity contribution in [1.29, 1.82) is 0 Å². The lowest BCUT2D eigenvalue weighted by Crippen LogP contribution is -2.30. The Kier molecular flexibility index (Phi) is 5.10. The minimum absolute atomic E-state index is 0.0787. The lowest BCUT2D eigenvalue weighted by molar-refractivity contribution is -0.144. The van der Waals surface area contributed by atoms with Crippen molar-refractivity contribution >= 4 is 11.9 Å². The Morgan fingerprint density at radius 2 is 2.09 bits per heavy atom. The van der Waals surface area contributed by atoms with Crippen LogP contribution in [-0.2, 0) is 14.3 Å². The quantitative estimate of drug-likeness (QED) is 0.247. The van der Waals surface area contributed by atoms with Gasteiger partial charge in [-0.05, 0) is 6.92 Å². The van der Waals surface area contributed by atoms with E-state index in [1.807, 2.05) is 5.43 Å². The van der Waals surface area contributed by atoms with Crippen molar-refractivity contribution in [3.8, 4) is 0 Å². The number of ether oxygens (including phenoxy) is 1. The fourth-order valence-corrected chi connectivity index (χ4v) is 0.521. The molecule has 3 N–H and O–H groups in total. The van der Waals surface area contributed by atoms with Crippen molar-refractivity contribution in [3.05, 3.63) is 0 Å². The number of hydrogen-bond acceptors (Lipinski definition) is 4. The van der Waals surface area contributed by atoms with Gasteiger partial charge < -0.3 is 4.74 Å². The third kappa shape index (κ3) is 5.35. The van der Waals surface area contributed by atoms with E-state index >= 15 is 0 Å². The van der Waals surface area contributed by atoms with E-state index in [0.717, 1.165) is 0 Å². The predicted molar refractivity (Wildman–Crippen MR) is 38.2 cm³/mol. The number of amides is 1. The highest BCUT2D eigenvalue weighted by atomic mass is 16.5. The first-order valence-corrected chi connectivity index (χ1v) is 3.35. The molecule has 0 aromatic carbocycles. The summed E-state index contributed by atoms with van der Waals surface area (Å²) in [6.45, 7) is 2.05. The minimum Gasteiger partial charge on any atom is -0.466 e. The summed E-state index contributed by atoms with van der Waals surface area (Å²) >= 11 is 0. The van der Waals surface area contributed by atoms with Gasteiger partial charge in [-0.25, -0.2) is 5.84 Å². The summed E-state index contributed by atoms with van der Waals surface area (Å²) in [6, 6.07) is 0. The van der Waals surface area contributed by atoms with Crippen molar-refractivity contribution in [3.63, 3.8) is 0 Å². The zero-order chi connectivity index (χ0) is 8.69. The molecule has 0 aromatic heterocycles. The van der Waals surface area contributed by atoms with Crippen molar-refractivity contribution in [2.24, 2.45) is 5.84 Å². The van der Waals surface area contributed by atoms with Crippen LogP contribution < -0.4 is 11.3 Å². The van der Waals surface area contributed by atoms with E-state index in [0.29, 0.717) is 6.61 Å². The second-order valence-corrected chi connectivity index (χ2v) is 1.87. The van der Waals surface area contributed by atoms with Crippen molar-refractivity contribution in [2.45, 2.75) is 19.8 Å². The van der Waals surface area contributed by atoms with Gasteiger partial charge in [-0.15, -0.1) is 0 Å². The van der Waals surface area contributed by atoms with E-state index in [9.17, 15) is 9.59 Å². The lowest BCUT2D eigenvalue weighted by Gasteiger charge is -1.99. The molecule has 0 unspecified atom stereocenters. The summed E-state index contributed by atoms with van der Waals surface area (Å²) in [4.78, 5) is 21.1. The van der Waals surface area contributed by atoms with Gasteiger partial charge in [-0.2, -0.15) is 0 Å². The first-order valence-electron chi connectivity index (χ1n) is 3.35. The molecule has 5 nitrogen and oxygen atoms in total. The minimum atomic E-state index is -0.379. The van der Waals surface area contributed by atoms with E-state index in [1.165, 1.54) is 0 Å². The molecule has 0 rings (SSSR count). The Labute approximate surface area is 64.9 Å². The monoisotopic (exact) mass is 160 g/mol. The summed E-state index contributed by atoms with van der Waals surface area (Å²) in [5, 5.41) is 0. The number of carbonyl (C=O) groups is 2. The molecule has 0 radical (unpaired) electrons. The first-order chi connectivity index (χ1) is 5.20. The number of rotatable bonds is 4. The van der Waals surface area contributed by atoms with Crippen LogP contribution in [0.4, 0.5) is 0 Å². The Balaban J connectivity index is 3.38. The summed E-state index contributed by atoms with van der Waals surface area (Å²) in [6.07, 6.45) is 0.159. The SMILES string of the molecule is CCOC(=O)CCC(=O)NN. The molecule has 5 heteroatoms. The third-order valence-electron chi connectivity index (χ3n) is 1.02. The second kappa shape index (κ2) is 5.67. The maximum atomic E-state index is 10.6. The topological polar surface area (TPSA) is 81.4 Å². The number of hydrogen-bond donors (Lipinski definition) is 2. The molecular weight excluding hydrogens is 148 g/mol. The zero-order valence-electron chi connectivity index (χ0n) is 6.42. The van der Waals surface area contributed by atoms with Gasteiger partial charge in [-0.3, -0.25) is 15.0 Å². The maximum absolute atomic E-state index is 10.6. The second-order valence-electron chi connectivity index (χ2n) is 1.87. The van der Waals surface area contributed by atoms with Crippen LogP contribution in [0.25, 0.3) is 0 Å². The van der Waals surface area contributed by atoms with Crippen LogP contribution in [0.2, 0.25) is 0 Å². The fraction of sp³-hybridized carbons (Fsp3) is 0.667. The summed E-state index contributed by atoms with van der Waals surface area (Å²) in [5.41, 5.74) is 1.92. The molecule has 0 aromatic rings. The van der Waals surface area contributed by atoms with Crippen molar-refractivity contribution in [1.82, 2.24) is 5.43 Å². The number of carbonyl (C=O) groups excluding carboxylic acids is 2. The normalized spacial score (nSPS) is 8.91. The third-order valence-corrected chi connectivity index (χ3v) is 1.02. The van der Waals surface area contributed by atoms with Crippen LogP contribution in [0, 0.1) is 0 Å². The van der Waals surface area contributed by atoms with Crippen LogP contribution in [0.15, 0.2) is 0 Å². The van der Waals surface area contributed by atoms with E-state index in [-0.39, 0.29) is 24.7 Å². The molecule has 0 aliphatic rings. The van der Waals surface area contributed by atoms with Crippen LogP contribution >= 0.6 is 0 Å². The maximum Gasteiger partial charge on any atom is 0.306 e. The molecule has 0 saturated carbocycles. The highest BCUT2D eigenvalue weighted by Crippen LogP contribution is 1.91. The molecule has 0 atom stereocenters. The number of esters is 1. The van der Waals surface area contributed by atoms with Gasteiger partial charge in [0, 0.05) is 6.42 Å². The standard InChI is InChI=1S/C6H12N2O3/c1-2-11-6(10)4-3-5(9)8-7/h2-4,7H2,1H3,(H,8,9). The molecule has 0 aliphatic heterocycles. The van der Waals surface area contributed by atoms with Crippen LogP contribution in [-0.4, -0.2) is 18.5 Å². The highest BCUT2D eigenvalue weighted by molar-refractivity contribution is 5.80. The van der Waals surface area contributed by atoms with E-state index in [1.54, 1.807) is 6.92 Å².